The molecule has 0 aromatic heterocycles. The van der Waals surface area contributed by atoms with Crippen molar-refractivity contribution in [1.82, 2.24) is 0 Å². The number of halogens is 2. The van der Waals surface area contributed by atoms with Gasteiger partial charge in [-0.2, -0.15) is 0 Å². The van der Waals surface area contributed by atoms with Gasteiger partial charge in [-0.05, 0) is 48.9 Å². The average molecular weight is 394 g/mol. The van der Waals surface area contributed by atoms with Gasteiger partial charge in [0.1, 0.15) is 0 Å². The monoisotopic (exact) mass is 392 g/mol. The number of hydrogen-bond donors (Lipinski definition) is 2. The standard InChI is InChI=1S/C17H14BrClN2O2/c18-10-2-1-3-13(8-10)21-17(23)15-9-14(15)16(22)20-12-6-4-11(19)5-7-12/h1-8,14-15H,9H2,(H,20,22)(H,21,23). The summed E-state index contributed by atoms with van der Waals surface area (Å²) in [5, 5.41) is 6.25. The molecule has 23 heavy (non-hydrogen) atoms. The minimum atomic E-state index is -0.280. The second kappa shape index (κ2) is 6.72. The van der Waals surface area contributed by atoms with Crippen LogP contribution in [0.5, 0.6) is 0 Å². The Morgan fingerprint density at radius 3 is 2.17 bits per heavy atom. The third-order valence-corrected chi connectivity index (χ3v) is 4.41. The molecule has 0 spiro atoms. The molecule has 1 saturated carbocycles. The van der Waals surface area contributed by atoms with Gasteiger partial charge >= 0.3 is 0 Å². The zero-order valence-electron chi connectivity index (χ0n) is 12.1. The summed E-state index contributed by atoms with van der Waals surface area (Å²) in [6.07, 6.45) is 0.569. The first kappa shape index (κ1) is 16.0. The van der Waals surface area contributed by atoms with Crippen molar-refractivity contribution in [2.45, 2.75) is 6.42 Å². The summed E-state index contributed by atoms with van der Waals surface area (Å²) in [6, 6.07) is 14.3. The predicted octanol–water partition coefficient (Wildman–Crippen LogP) is 4.32. The van der Waals surface area contributed by atoms with Crippen molar-refractivity contribution in [1.29, 1.82) is 0 Å². The summed E-state index contributed by atoms with van der Waals surface area (Å²) in [7, 11) is 0. The van der Waals surface area contributed by atoms with E-state index in [4.69, 9.17) is 11.6 Å². The van der Waals surface area contributed by atoms with Crippen LogP contribution in [-0.2, 0) is 9.59 Å². The molecule has 2 aromatic carbocycles. The third kappa shape index (κ3) is 4.12. The molecule has 118 valence electrons. The van der Waals surface area contributed by atoms with Crippen molar-refractivity contribution < 1.29 is 9.59 Å². The lowest BCUT2D eigenvalue weighted by Gasteiger charge is -2.06. The third-order valence-electron chi connectivity index (χ3n) is 3.67. The van der Waals surface area contributed by atoms with Gasteiger partial charge < -0.3 is 10.6 Å². The maximum Gasteiger partial charge on any atom is 0.228 e. The maximum absolute atomic E-state index is 12.2. The van der Waals surface area contributed by atoms with Crippen molar-refractivity contribution in [3.8, 4) is 0 Å². The smallest absolute Gasteiger partial charge is 0.228 e. The molecular formula is C17H14BrClN2O2. The van der Waals surface area contributed by atoms with Gasteiger partial charge in [0.2, 0.25) is 11.8 Å². The van der Waals surface area contributed by atoms with Crippen LogP contribution in [0.2, 0.25) is 5.02 Å². The Kier molecular flexibility index (Phi) is 4.68. The van der Waals surface area contributed by atoms with E-state index >= 15 is 0 Å². The molecule has 6 heteroatoms. The number of carbonyl (C=O) groups excluding carboxylic acids is 2. The molecule has 2 amide bonds. The highest BCUT2D eigenvalue weighted by Gasteiger charge is 2.48. The highest BCUT2D eigenvalue weighted by Crippen LogP contribution is 2.40. The molecule has 0 aliphatic heterocycles. The van der Waals surface area contributed by atoms with Crippen molar-refractivity contribution in [2.75, 3.05) is 10.6 Å². The molecule has 0 bridgehead atoms. The quantitative estimate of drug-likeness (QED) is 0.813. The van der Waals surface area contributed by atoms with Crippen molar-refractivity contribution >= 4 is 50.7 Å². The largest absolute Gasteiger partial charge is 0.326 e. The molecule has 2 aromatic rings. The molecule has 0 radical (unpaired) electrons. The van der Waals surface area contributed by atoms with Crippen LogP contribution < -0.4 is 10.6 Å². The number of hydrogen-bond acceptors (Lipinski definition) is 2. The van der Waals surface area contributed by atoms with Gasteiger partial charge in [-0.1, -0.05) is 33.6 Å². The Morgan fingerprint density at radius 1 is 0.957 bits per heavy atom. The number of benzene rings is 2. The lowest BCUT2D eigenvalue weighted by atomic mass is 10.2. The average Bonchev–Trinajstić information content (AvgIpc) is 3.30. The van der Waals surface area contributed by atoms with E-state index in [2.05, 4.69) is 26.6 Å². The van der Waals surface area contributed by atoms with Crippen LogP contribution in [0.1, 0.15) is 6.42 Å². The van der Waals surface area contributed by atoms with Gasteiger partial charge in [-0.25, -0.2) is 0 Å². The van der Waals surface area contributed by atoms with E-state index in [1.165, 1.54) is 0 Å². The Bertz CT molecular complexity index is 749. The molecule has 0 heterocycles. The lowest BCUT2D eigenvalue weighted by Crippen LogP contribution is -2.20. The maximum atomic E-state index is 12.2. The molecule has 3 rings (SSSR count). The molecule has 2 N–H and O–H groups in total. The van der Waals surface area contributed by atoms with E-state index in [1.54, 1.807) is 24.3 Å². The first-order chi connectivity index (χ1) is 11.0. The Hall–Kier alpha value is -1.85. The van der Waals surface area contributed by atoms with Crippen LogP contribution in [-0.4, -0.2) is 11.8 Å². The van der Waals surface area contributed by atoms with Crippen LogP contribution in [0.25, 0.3) is 0 Å². The fourth-order valence-corrected chi connectivity index (χ4v) is 2.87. The van der Waals surface area contributed by atoms with E-state index in [0.29, 0.717) is 22.8 Å². The fraction of sp³-hybridized carbons (Fsp3) is 0.176. The predicted molar refractivity (Wildman–Crippen MR) is 94.5 cm³/mol. The van der Waals surface area contributed by atoms with Crippen LogP contribution in [0.3, 0.4) is 0 Å². The summed E-state index contributed by atoms with van der Waals surface area (Å²) in [5.74, 6) is -0.819. The molecular weight excluding hydrogens is 380 g/mol. The van der Waals surface area contributed by atoms with E-state index in [1.807, 2.05) is 24.3 Å². The Labute approximate surface area is 147 Å². The zero-order chi connectivity index (χ0) is 16.4. The SMILES string of the molecule is O=C(Nc1ccc(Cl)cc1)C1CC1C(=O)Nc1cccc(Br)c1. The molecule has 2 atom stereocenters. The molecule has 2 unspecified atom stereocenters. The first-order valence-corrected chi connectivity index (χ1v) is 8.33. The van der Waals surface area contributed by atoms with Crippen LogP contribution >= 0.6 is 27.5 Å². The summed E-state index contributed by atoms with van der Waals surface area (Å²) in [6.45, 7) is 0. The van der Waals surface area contributed by atoms with Crippen LogP contribution in [0.4, 0.5) is 11.4 Å². The zero-order valence-corrected chi connectivity index (χ0v) is 14.4. The topological polar surface area (TPSA) is 58.2 Å². The normalized spacial score (nSPS) is 19.0. The fourth-order valence-electron chi connectivity index (χ4n) is 2.34. The van der Waals surface area contributed by atoms with Crippen molar-refractivity contribution in [3.63, 3.8) is 0 Å². The number of rotatable bonds is 4. The second-order valence-corrected chi connectivity index (χ2v) is 6.80. The van der Waals surface area contributed by atoms with E-state index in [-0.39, 0.29) is 23.7 Å². The van der Waals surface area contributed by atoms with Crippen molar-refractivity contribution in [2.24, 2.45) is 11.8 Å². The van der Waals surface area contributed by atoms with Gasteiger partial charge in [-0.3, -0.25) is 9.59 Å². The van der Waals surface area contributed by atoms with Gasteiger partial charge in [-0.15, -0.1) is 0 Å². The van der Waals surface area contributed by atoms with E-state index < -0.39 is 0 Å². The summed E-state index contributed by atoms with van der Waals surface area (Å²) < 4.78 is 0.892. The summed E-state index contributed by atoms with van der Waals surface area (Å²) in [5.41, 5.74) is 1.39. The van der Waals surface area contributed by atoms with Gasteiger partial charge in [0, 0.05) is 20.9 Å². The van der Waals surface area contributed by atoms with Crippen LogP contribution in [0, 0.1) is 11.8 Å². The molecule has 1 aliphatic carbocycles. The van der Waals surface area contributed by atoms with Gasteiger partial charge in [0.25, 0.3) is 0 Å². The van der Waals surface area contributed by atoms with Crippen molar-refractivity contribution in [3.05, 3.63) is 58.0 Å². The number of amides is 2. The summed E-state index contributed by atoms with van der Waals surface area (Å²) in [4.78, 5) is 24.3. The number of nitrogens with one attached hydrogen (secondary N) is 2. The van der Waals surface area contributed by atoms with Gasteiger partial charge in [0.15, 0.2) is 0 Å². The first-order valence-electron chi connectivity index (χ1n) is 7.16. The van der Waals surface area contributed by atoms with Gasteiger partial charge in [0.05, 0.1) is 11.8 Å². The second-order valence-electron chi connectivity index (χ2n) is 5.44. The minimum Gasteiger partial charge on any atom is -0.326 e. The highest BCUT2D eigenvalue weighted by atomic mass is 79.9. The number of carbonyl (C=O) groups is 2. The molecule has 0 saturated heterocycles. The molecule has 1 fully saturated rings. The molecule has 1 aliphatic rings. The molecule has 4 nitrogen and oxygen atoms in total. The van der Waals surface area contributed by atoms with Crippen LogP contribution in [0.15, 0.2) is 53.0 Å². The highest BCUT2D eigenvalue weighted by molar-refractivity contribution is 9.10. The Morgan fingerprint density at radius 2 is 1.57 bits per heavy atom. The minimum absolute atomic E-state index is 0.126. The summed E-state index contributed by atoms with van der Waals surface area (Å²) >= 11 is 9.16. The Balaban J connectivity index is 1.55. The van der Waals surface area contributed by atoms with E-state index in [0.717, 1.165) is 4.47 Å². The lowest BCUT2D eigenvalue weighted by molar-refractivity contribution is -0.122. The van der Waals surface area contributed by atoms with E-state index in [9.17, 15) is 9.59 Å². The number of anilines is 2.